The van der Waals surface area contributed by atoms with Crippen molar-refractivity contribution in [1.82, 2.24) is 14.1 Å². The van der Waals surface area contributed by atoms with Crippen LogP contribution in [0.4, 0.5) is 0 Å². The van der Waals surface area contributed by atoms with E-state index in [0.717, 1.165) is 89.5 Å². The van der Waals surface area contributed by atoms with Gasteiger partial charge in [0.15, 0.2) is 0 Å². The van der Waals surface area contributed by atoms with Crippen LogP contribution in [0.15, 0.2) is 152 Å². The van der Waals surface area contributed by atoms with Gasteiger partial charge in [0.05, 0.1) is 5.69 Å². The fraction of sp³-hybridized carbons (Fsp3) is 0.242. The first-order valence-corrected chi connectivity index (χ1v) is 25.8. The SMILES string of the molecule is CC(C)(C)c1cccc(-[n+]2[c-]n(-c3[c-]c(Oc4[c-]c5c(cc4)c4cc(-c6cc7c8c(c6)Oc6cc(C(C)(C)C)ccc6B8c6ccc(C(C)(C)C)cc6O7)ccc4n5-c4cc(C(C)(C)C)ccn4)ccc3)cc2)c1.[Pt]. The molecule has 378 valence electrons. The van der Waals surface area contributed by atoms with E-state index in [4.69, 9.17) is 19.2 Å². The van der Waals surface area contributed by atoms with Crippen molar-refractivity contribution in [2.75, 3.05) is 0 Å². The quantitative estimate of drug-likeness (QED) is 0.0946. The molecule has 5 heterocycles. The zero-order valence-corrected chi connectivity index (χ0v) is 47.1. The second-order valence-corrected chi connectivity index (χ2v) is 24.3. The first-order chi connectivity index (χ1) is 35.1. The molecule has 0 N–H and O–H groups in total. The zero-order chi connectivity index (χ0) is 51.6. The third-order valence-corrected chi connectivity index (χ3v) is 14.8. The molecule has 10 aromatic rings. The second-order valence-electron chi connectivity index (χ2n) is 24.3. The molecule has 9 heteroatoms. The van der Waals surface area contributed by atoms with Crippen molar-refractivity contribution < 1.29 is 39.8 Å². The van der Waals surface area contributed by atoms with Crippen LogP contribution in [0.1, 0.15) is 105 Å². The van der Waals surface area contributed by atoms with Crippen molar-refractivity contribution >= 4 is 44.9 Å². The number of fused-ring (bicyclic) bond motifs is 7. The summed E-state index contributed by atoms with van der Waals surface area (Å²) in [5.41, 5.74) is 13.9. The number of ether oxygens (including phenoxy) is 3. The van der Waals surface area contributed by atoms with E-state index in [-0.39, 0.29) is 49.4 Å². The van der Waals surface area contributed by atoms with E-state index in [1.165, 1.54) is 22.3 Å². The monoisotopic (exact) mass is 1160 g/mol. The predicted octanol–water partition coefficient (Wildman–Crippen LogP) is 14.0. The molecule has 2 aliphatic rings. The molecule has 3 aromatic heterocycles. The molecule has 0 saturated heterocycles. The fourth-order valence-electron chi connectivity index (χ4n) is 10.5. The first-order valence-electron chi connectivity index (χ1n) is 25.8. The number of rotatable bonds is 6. The van der Waals surface area contributed by atoms with Crippen LogP contribution in [-0.4, -0.2) is 20.8 Å². The summed E-state index contributed by atoms with van der Waals surface area (Å²) in [6.07, 6.45) is 9.38. The Morgan fingerprint density at radius 2 is 1.16 bits per heavy atom. The molecule has 0 radical (unpaired) electrons. The van der Waals surface area contributed by atoms with Crippen LogP contribution < -0.4 is 35.2 Å². The van der Waals surface area contributed by atoms with Gasteiger partial charge >= 0.3 is 0 Å². The molecular weight excluding hydrogens is 1100 g/mol. The van der Waals surface area contributed by atoms with E-state index in [0.29, 0.717) is 11.5 Å². The molecule has 0 unspecified atom stereocenters. The molecule has 12 rings (SSSR count). The Balaban J connectivity index is 0.00000602. The van der Waals surface area contributed by atoms with Crippen LogP contribution in [0.25, 0.3) is 50.1 Å². The summed E-state index contributed by atoms with van der Waals surface area (Å²) in [4.78, 5) is 4.99. The molecule has 75 heavy (non-hydrogen) atoms. The van der Waals surface area contributed by atoms with E-state index in [1.807, 2.05) is 52.0 Å². The second kappa shape index (κ2) is 18.0. The van der Waals surface area contributed by atoms with E-state index < -0.39 is 0 Å². The minimum Gasteiger partial charge on any atom is -0.510 e. The van der Waals surface area contributed by atoms with E-state index in [9.17, 15) is 0 Å². The van der Waals surface area contributed by atoms with Gasteiger partial charge in [0.1, 0.15) is 28.8 Å². The van der Waals surface area contributed by atoms with E-state index >= 15 is 0 Å². The molecular formula is C66H61BN4O3Pt-2. The molecule has 7 aromatic carbocycles. The number of pyridine rings is 1. The molecule has 0 bridgehead atoms. The summed E-state index contributed by atoms with van der Waals surface area (Å²) in [6, 6.07) is 54.7. The first kappa shape index (κ1) is 50.0. The van der Waals surface area contributed by atoms with Crippen molar-refractivity contribution in [3.05, 3.63) is 193 Å². The van der Waals surface area contributed by atoms with Crippen LogP contribution in [-0.2, 0) is 42.7 Å². The normalized spacial score (nSPS) is 13.1. The Morgan fingerprint density at radius 3 is 1.81 bits per heavy atom. The van der Waals surface area contributed by atoms with Gasteiger partial charge in [0, 0.05) is 62.1 Å². The number of aromatic nitrogens is 4. The maximum Gasteiger partial charge on any atom is 0.267 e. The Labute approximate surface area is 456 Å². The number of imidazole rings is 1. The number of nitrogens with zero attached hydrogens (tertiary/aromatic N) is 4. The molecule has 0 fully saturated rings. The topological polar surface area (TPSA) is 54.3 Å². The maximum atomic E-state index is 6.98. The van der Waals surface area contributed by atoms with Gasteiger partial charge in [-0.05, 0) is 132 Å². The third kappa shape index (κ3) is 9.09. The molecule has 0 saturated carbocycles. The van der Waals surface area contributed by atoms with Crippen molar-refractivity contribution in [2.24, 2.45) is 0 Å². The number of hydrogen-bond acceptors (Lipinski definition) is 4. The molecule has 0 amide bonds. The summed E-state index contributed by atoms with van der Waals surface area (Å²) >= 11 is 0. The van der Waals surface area contributed by atoms with Gasteiger partial charge in [-0.1, -0.05) is 137 Å². The van der Waals surface area contributed by atoms with Crippen LogP contribution in [0, 0.1) is 18.5 Å². The molecule has 7 nitrogen and oxygen atoms in total. The van der Waals surface area contributed by atoms with Gasteiger partial charge in [-0.15, -0.1) is 29.7 Å². The molecule has 0 aliphatic carbocycles. The smallest absolute Gasteiger partial charge is 0.267 e. The minimum absolute atomic E-state index is 0. The summed E-state index contributed by atoms with van der Waals surface area (Å²) in [7, 11) is 0. The Morgan fingerprint density at radius 1 is 0.547 bits per heavy atom. The van der Waals surface area contributed by atoms with Gasteiger partial charge < -0.3 is 23.3 Å². The largest absolute Gasteiger partial charge is 0.510 e. The minimum atomic E-state index is -0.0884. The standard InChI is InChI=1S/C66H61BN4O3.Pt/c1-63(2,3)43-15-13-16-47(34-43)69-29-30-70(40-69)48-17-14-18-49(38-48)72-50-22-23-51-52-31-41(19-26-55(52)71(56(51)39-50)61-37-46(27-28-68-61)66(10,11)12)42-32-59-62-60(33-42)74-58-36-45(65(7,8)9)21-25-54(58)67(62)53-24-20-44(64(4,5)6)35-57(53)73-59;/h13-37H,1-12H3;/q-2;. The fourth-order valence-corrected chi connectivity index (χ4v) is 10.5. The van der Waals surface area contributed by atoms with Crippen LogP contribution in [0.5, 0.6) is 34.5 Å². The average molecular weight is 1160 g/mol. The molecule has 0 spiro atoms. The summed E-state index contributed by atoms with van der Waals surface area (Å²) in [6.45, 7) is 26.8. The van der Waals surface area contributed by atoms with Crippen LogP contribution in [0.3, 0.4) is 0 Å². The van der Waals surface area contributed by atoms with Crippen molar-refractivity contribution in [3.8, 4) is 62.8 Å². The van der Waals surface area contributed by atoms with Crippen LogP contribution in [0.2, 0.25) is 0 Å². The van der Waals surface area contributed by atoms with Gasteiger partial charge in [0.2, 0.25) is 0 Å². The van der Waals surface area contributed by atoms with Gasteiger partial charge in [-0.25, -0.2) is 4.98 Å². The Bertz CT molecular complexity index is 3810. The van der Waals surface area contributed by atoms with Gasteiger partial charge in [-0.2, -0.15) is 18.2 Å². The number of hydrogen-bond donors (Lipinski definition) is 0. The van der Waals surface area contributed by atoms with E-state index in [2.05, 4.69) is 215 Å². The van der Waals surface area contributed by atoms with Crippen molar-refractivity contribution in [1.29, 1.82) is 0 Å². The summed E-state index contributed by atoms with van der Waals surface area (Å²) < 4.78 is 26.8. The van der Waals surface area contributed by atoms with Gasteiger partial charge in [-0.3, -0.25) is 4.57 Å². The molecule has 0 atom stereocenters. The predicted molar refractivity (Wildman–Crippen MR) is 300 cm³/mol. The van der Waals surface area contributed by atoms with E-state index in [1.54, 1.807) is 0 Å². The Kier molecular flexibility index (Phi) is 12.0. The molecule has 2 aliphatic heterocycles. The van der Waals surface area contributed by atoms with Gasteiger partial charge in [0.25, 0.3) is 13.0 Å². The summed E-state index contributed by atoms with van der Waals surface area (Å²) in [5.74, 6) is 5.35. The average Bonchev–Trinajstić information content (AvgIpc) is 3.98. The van der Waals surface area contributed by atoms with Crippen LogP contribution >= 0.6 is 0 Å². The van der Waals surface area contributed by atoms with Crippen molar-refractivity contribution in [2.45, 2.75) is 105 Å². The number of benzene rings is 7. The van der Waals surface area contributed by atoms with Crippen molar-refractivity contribution in [3.63, 3.8) is 0 Å². The maximum absolute atomic E-state index is 6.98. The summed E-state index contributed by atoms with van der Waals surface area (Å²) in [5, 5.41) is 2.09. The third-order valence-electron chi connectivity index (χ3n) is 14.8. The Hall–Kier alpha value is -7.15. The zero-order valence-electron chi connectivity index (χ0n) is 44.8.